The van der Waals surface area contributed by atoms with Crippen molar-refractivity contribution in [3.05, 3.63) is 65.2 Å². The summed E-state index contributed by atoms with van der Waals surface area (Å²) >= 11 is 0. The highest BCUT2D eigenvalue weighted by molar-refractivity contribution is 5.31. The zero-order chi connectivity index (χ0) is 13.2. The van der Waals surface area contributed by atoms with Crippen molar-refractivity contribution in [1.82, 2.24) is 0 Å². The minimum absolute atomic E-state index is 0.164. The van der Waals surface area contributed by atoms with E-state index in [0.29, 0.717) is 17.2 Å². The minimum atomic E-state index is -0.581. The van der Waals surface area contributed by atoms with E-state index >= 15 is 0 Å². The standard InChI is InChI=1S/C16H14F2O/c17-14-7-11(8-15(18)9-14)10-19-16-5-3-13(4-6-16)12-1-2-12/h3-9,12H,1-2,10H2. The van der Waals surface area contributed by atoms with Gasteiger partial charge in [-0.25, -0.2) is 8.78 Å². The van der Waals surface area contributed by atoms with Gasteiger partial charge in [0.05, 0.1) is 0 Å². The van der Waals surface area contributed by atoms with Crippen LogP contribution < -0.4 is 4.74 Å². The molecule has 1 fully saturated rings. The van der Waals surface area contributed by atoms with Crippen molar-refractivity contribution >= 4 is 0 Å². The van der Waals surface area contributed by atoms with Crippen LogP contribution in [0.25, 0.3) is 0 Å². The van der Waals surface area contributed by atoms with Crippen molar-refractivity contribution in [2.24, 2.45) is 0 Å². The monoisotopic (exact) mass is 260 g/mol. The van der Waals surface area contributed by atoms with Gasteiger partial charge in [0, 0.05) is 6.07 Å². The van der Waals surface area contributed by atoms with Gasteiger partial charge in [0.15, 0.2) is 0 Å². The summed E-state index contributed by atoms with van der Waals surface area (Å²) in [6.07, 6.45) is 2.53. The molecule has 1 aliphatic carbocycles. The SMILES string of the molecule is Fc1cc(F)cc(COc2ccc(C3CC3)cc2)c1. The van der Waals surface area contributed by atoms with Crippen molar-refractivity contribution < 1.29 is 13.5 Å². The average Bonchev–Trinajstić information content (AvgIpc) is 3.20. The molecule has 0 N–H and O–H groups in total. The molecule has 1 saturated carbocycles. The summed E-state index contributed by atoms with van der Waals surface area (Å²) in [5.74, 6) is 0.269. The molecule has 2 aromatic carbocycles. The summed E-state index contributed by atoms with van der Waals surface area (Å²) in [5.41, 5.74) is 1.83. The summed E-state index contributed by atoms with van der Waals surface area (Å²) in [7, 11) is 0. The Morgan fingerprint density at radius 2 is 1.58 bits per heavy atom. The lowest BCUT2D eigenvalue weighted by Crippen LogP contribution is -1.97. The highest BCUT2D eigenvalue weighted by Gasteiger charge is 2.22. The number of benzene rings is 2. The van der Waals surface area contributed by atoms with Crippen molar-refractivity contribution in [2.75, 3.05) is 0 Å². The van der Waals surface area contributed by atoms with Crippen molar-refractivity contribution in [2.45, 2.75) is 25.4 Å². The predicted octanol–water partition coefficient (Wildman–Crippen LogP) is 4.42. The van der Waals surface area contributed by atoms with E-state index in [1.807, 2.05) is 12.1 Å². The number of ether oxygens (including phenoxy) is 1. The maximum atomic E-state index is 13.0. The first kappa shape index (κ1) is 12.2. The van der Waals surface area contributed by atoms with Crippen molar-refractivity contribution in [3.8, 4) is 5.75 Å². The molecule has 0 radical (unpaired) electrons. The van der Waals surface area contributed by atoms with Gasteiger partial charge in [-0.2, -0.15) is 0 Å². The number of halogens is 2. The van der Waals surface area contributed by atoms with Gasteiger partial charge in [-0.3, -0.25) is 0 Å². The molecular formula is C16H14F2O. The van der Waals surface area contributed by atoms with Crippen LogP contribution in [-0.2, 0) is 6.61 Å². The molecule has 0 amide bonds. The third kappa shape index (κ3) is 3.11. The van der Waals surface area contributed by atoms with Crippen LogP contribution in [0.15, 0.2) is 42.5 Å². The molecule has 0 heterocycles. The van der Waals surface area contributed by atoms with E-state index in [-0.39, 0.29) is 6.61 Å². The first-order valence-electron chi connectivity index (χ1n) is 6.38. The van der Waals surface area contributed by atoms with E-state index in [2.05, 4.69) is 12.1 Å². The van der Waals surface area contributed by atoms with Gasteiger partial charge in [-0.1, -0.05) is 12.1 Å². The normalized spacial score (nSPS) is 14.4. The molecule has 0 aromatic heterocycles. The highest BCUT2D eigenvalue weighted by atomic mass is 19.1. The summed E-state index contributed by atoms with van der Waals surface area (Å²) in [5, 5.41) is 0. The Hall–Kier alpha value is -1.90. The summed E-state index contributed by atoms with van der Waals surface area (Å²) < 4.78 is 31.5. The predicted molar refractivity (Wildman–Crippen MR) is 69.1 cm³/mol. The van der Waals surface area contributed by atoms with Crippen LogP contribution in [0.2, 0.25) is 0 Å². The first-order valence-corrected chi connectivity index (χ1v) is 6.38. The van der Waals surface area contributed by atoms with Crippen LogP contribution in [0.5, 0.6) is 5.75 Å². The lowest BCUT2D eigenvalue weighted by molar-refractivity contribution is 0.304. The largest absolute Gasteiger partial charge is 0.489 e. The second kappa shape index (κ2) is 5.00. The Labute approximate surface area is 110 Å². The number of hydrogen-bond donors (Lipinski definition) is 0. The van der Waals surface area contributed by atoms with Gasteiger partial charge in [-0.15, -0.1) is 0 Å². The quantitative estimate of drug-likeness (QED) is 0.790. The van der Waals surface area contributed by atoms with Crippen LogP contribution in [0.3, 0.4) is 0 Å². The molecule has 3 heteroatoms. The molecule has 0 atom stereocenters. The summed E-state index contributed by atoms with van der Waals surface area (Å²) in [6, 6.07) is 11.3. The zero-order valence-electron chi connectivity index (χ0n) is 10.4. The lowest BCUT2D eigenvalue weighted by atomic mass is 10.1. The number of hydrogen-bond acceptors (Lipinski definition) is 1. The average molecular weight is 260 g/mol. The van der Waals surface area contributed by atoms with E-state index in [1.54, 1.807) is 0 Å². The van der Waals surface area contributed by atoms with Gasteiger partial charge in [0.1, 0.15) is 24.0 Å². The molecule has 1 aliphatic rings. The van der Waals surface area contributed by atoms with E-state index in [4.69, 9.17) is 4.74 Å². The van der Waals surface area contributed by atoms with E-state index in [1.165, 1.54) is 30.5 Å². The van der Waals surface area contributed by atoms with Gasteiger partial charge < -0.3 is 4.74 Å². The Balaban J connectivity index is 1.64. The Morgan fingerprint density at radius 3 is 2.16 bits per heavy atom. The first-order chi connectivity index (χ1) is 9.20. The molecule has 0 saturated heterocycles. The minimum Gasteiger partial charge on any atom is -0.489 e. The van der Waals surface area contributed by atoms with Gasteiger partial charge in [0.2, 0.25) is 0 Å². The second-order valence-electron chi connectivity index (χ2n) is 4.91. The van der Waals surface area contributed by atoms with Crippen LogP contribution >= 0.6 is 0 Å². The van der Waals surface area contributed by atoms with Crippen molar-refractivity contribution in [1.29, 1.82) is 0 Å². The third-order valence-corrected chi connectivity index (χ3v) is 3.26. The molecular weight excluding hydrogens is 246 g/mol. The lowest BCUT2D eigenvalue weighted by Gasteiger charge is -2.07. The van der Waals surface area contributed by atoms with Crippen LogP contribution in [-0.4, -0.2) is 0 Å². The molecule has 2 aromatic rings. The van der Waals surface area contributed by atoms with Crippen LogP contribution in [0, 0.1) is 11.6 Å². The van der Waals surface area contributed by atoms with Crippen LogP contribution in [0.1, 0.15) is 29.9 Å². The summed E-state index contributed by atoms with van der Waals surface area (Å²) in [4.78, 5) is 0. The smallest absolute Gasteiger partial charge is 0.126 e. The molecule has 1 nitrogen and oxygen atoms in total. The molecule has 0 spiro atoms. The highest BCUT2D eigenvalue weighted by Crippen LogP contribution is 2.40. The molecule has 98 valence electrons. The second-order valence-corrected chi connectivity index (χ2v) is 4.91. The molecule has 0 unspecified atom stereocenters. The fraction of sp³-hybridized carbons (Fsp3) is 0.250. The zero-order valence-corrected chi connectivity index (χ0v) is 10.4. The van der Waals surface area contributed by atoms with Gasteiger partial charge in [0.25, 0.3) is 0 Å². The van der Waals surface area contributed by atoms with Crippen molar-refractivity contribution in [3.63, 3.8) is 0 Å². The van der Waals surface area contributed by atoms with E-state index < -0.39 is 11.6 Å². The topological polar surface area (TPSA) is 9.23 Å². The van der Waals surface area contributed by atoms with E-state index in [0.717, 1.165) is 6.07 Å². The fourth-order valence-corrected chi connectivity index (χ4v) is 2.11. The van der Waals surface area contributed by atoms with E-state index in [9.17, 15) is 8.78 Å². The Bertz CT molecular complexity index is 554. The Morgan fingerprint density at radius 1 is 0.947 bits per heavy atom. The molecule has 19 heavy (non-hydrogen) atoms. The maximum Gasteiger partial charge on any atom is 0.126 e. The van der Waals surface area contributed by atoms with Gasteiger partial charge >= 0.3 is 0 Å². The molecule has 0 bridgehead atoms. The Kier molecular flexibility index (Phi) is 3.20. The molecule has 3 rings (SSSR count). The third-order valence-electron chi connectivity index (χ3n) is 3.26. The number of rotatable bonds is 4. The maximum absolute atomic E-state index is 13.0. The fourth-order valence-electron chi connectivity index (χ4n) is 2.11. The summed E-state index contributed by atoms with van der Waals surface area (Å²) in [6.45, 7) is 0.164. The van der Waals surface area contributed by atoms with Crippen LogP contribution in [0.4, 0.5) is 8.78 Å². The molecule has 0 aliphatic heterocycles. The van der Waals surface area contributed by atoms with Gasteiger partial charge in [-0.05, 0) is 54.2 Å².